The molecule has 1 aliphatic carbocycles. The van der Waals surface area contributed by atoms with Gasteiger partial charge in [0.15, 0.2) is 5.82 Å². The van der Waals surface area contributed by atoms with Gasteiger partial charge in [-0.1, -0.05) is 6.07 Å². The van der Waals surface area contributed by atoms with Crippen LogP contribution in [-0.4, -0.2) is 9.55 Å². The van der Waals surface area contributed by atoms with Crippen molar-refractivity contribution in [1.82, 2.24) is 9.55 Å². The van der Waals surface area contributed by atoms with E-state index < -0.39 is 0 Å². The van der Waals surface area contributed by atoms with Crippen molar-refractivity contribution in [1.29, 1.82) is 0 Å². The second kappa shape index (κ2) is 2.51. The molecule has 2 N–H and O–H groups in total. The lowest BCUT2D eigenvalue weighted by Gasteiger charge is -2.13. The Bertz CT molecular complexity index is 540. The predicted octanol–water partition coefficient (Wildman–Crippen LogP) is 2.27. The minimum absolute atomic E-state index is 0.0482. The van der Waals surface area contributed by atoms with Crippen LogP contribution in [0.4, 0.5) is 10.3 Å². The molecular formula is C11H12FN3. The molecule has 0 atom stereocenters. The van der Waals surface area contributed by atoms with Gasteiger partial charge in [0, 0.05) is 5.54 Å². The molecule has 1 aliphatic rings. The van der Waals surface area contributed by atoms with Crippen molar-refractivity contribution in [2.24, 2.45) is 0 Å². The Hall–Kier alpha value is -1.58. The van der Waals surface area contributed by atoms with Crippen LogP contribution < -0.4 is 5.73 Å². The highest BCUT2D eigenvalue weighted by atomic mass is 19.1. The number of nitrogens with two attached hydrogens (primary N) is 1. The fourth-order valence-electron chi connectivity index (χ4n) is 2.05. The van der Waals surface area contributed by atoms with E-state index in [1.54, 1.807) is 6.07 Å². The Balaban J connectivity index is 2.38. The lowest BCUT2D eigenvalue weighted by atomic mass is 10.2. The number of hydrogen-bond acceptors (Lipinski definition) is 2. The van der Waals surface area contributed by atoms with Gasteiger partial charge in [0.05, 0.1) is 5.52 Å². The molecule has 1 fully saturated rings. The topological polar surface area (TPSA) is 43.8 Å². The second-order valence-electron chi connectivity index (χ2n) is 4.41. The first-order chi connectivity index (χ1) is 7.12. The summed E-state index contributed by atoms with van der Waals surface area (Å²) in [5.74, 6) is 0.109. The minimum Gasteiger partial charge on any atom is -0.369 e. The predicted molar refractivity (Wildman–Crippen MR) is 57.0 cm³/mol. The van der Waals surface area contributed by atoms with Crippen molar-refractivity contribution in [3.05, 3.63) is 24.0 Å². The van der Waals surface area contributed by atoms with Crippen molar-refractivity contribution >= 4 is 17.0 Å². The molecule has 15 heavy (non-hydrogen) atoms. The van der Waals surface area contributed by atoms with Crippen LogP contribution in [0.2, 0.25) is 0 Å². The average Bonchev–Trinajstić information content (AvgIpc) is 2.80. The van der Waals surface area contributed by atoms with Gasteiger partial charge < -0.3 is 10.3 Å². The van der Waals surface area contributed by atoms with Crippen LogP contribution in [0.3, 0.4) is 0 Å². The summed E-state index contributed by atoms with van der Waals surface area (Å²) in [6, 6.07) is 4.97. The number of para-hydroxylation sites is 1. The van der Waals surface area contributed by atoms with Gasteiger partial charge in [0.25, 0.3) is 0 Å². The average molecular weight is 205 g/mol. The molecule has 0 spiro atoms. The Kier molecular flexibility index (Phi) is 1.45. The van der Waals surface area contributed by atoms with Crippen molar-refractivity contribution in [2.75, 3.05) is 5.73 Å². The maximum Gasteiger partial charge on any atom is 0.201 e. The molecule has 0 aliphatic heterocycles. The van der Waals surface area contributed by atoms with E-state index in [9.17, 15) is 4.39 Å². The third-order valence-electron chi connectivity index (χ3n) is 3.18. The molecule has 4 heteroatoms. The van der Waals surface area contributed by atoms with Gasteiger partial charge in [-0.05, 0) is 31.9 Å². The number of aromatic nitrogens is 2. The highest BCUT2D eigenvalue weighted by molar-refractivity contribution is 5.79. The third-order valence-corrected chi connectivity index (χ3v) is 3.18. The first-order valence-electron chi connectivity index (χ1n) is 5.05. The van der Waals surface area contributed by atoms with Gasteiger partial charge in [-0.2, -0.15) is 0 Å². The molecule has 1 saturated carbocycles. The summed E-state index contributed by atoms with van der Waals surface area (Å²) in [6.45, 7) is 2.12. The van der Waals surface area contributed by atoms with E-state index in [0.29, 0.717) is 11.5 Å². The summed E-state index contributed by atoms with van der Waals surface area (Å²) < 4.78 is 15.4. The van der Waals surface area contributed by atoms with Gasteiger partial charge in [-0.3, -0.25) is 0 Å². The molecule has 1 aromatic heterocycles. The largest absolute Gasteiger partial charge is 0.369 e. The van der Waals surface area contributed by atoms with Crippen LogP contribution in [0.5, 0.6) is 0 Å². The maximum absolute atomic E-state index is 13.5. The van der Waals surface area contributed by atoms with E-state index in [-0.39, 0.29) is 11.4 Å². The fraction of sp³-hybridized carbons (Fsp3) is 0.364. The number of hydrogen-bond donors (Lipinski definition) is 1. The van der Waals surface area contributed by atoms with E-state index in [1.165, 1.54) is 6.07 Å². The molecule has 78 valence electrons. The number of fused-ring (bicyclic) bond motifs is 1. The Labute approximate surface area is 86.7 Å². The van der Waals surface area contributed by atoms with E-state index in [4.69, 9.17) is 5.73 Å². The van der Waals surface area contributed by atoms with E-state index in [1.807, 2.05) is 10.6 Å². The second-order valence-corrected chi connectivity index (χ2v) is 4.41. The molecule has 3 nitrogen and oxygen atoms in total. The van der Waals surface area contributed by atoms with E-state index in [2.05, 4.69) is 11.9 Å². The van der Waals surface area contributed by atoms with Crippen LogP contribution >= 0.6 is 0 Å². The molecule has 0 bridgehead atoms. The van der Waals surface area contributed by atoms with Crippen LogP contribution in [0.15, 0.2) is 18.2 Å². The van der Waals surface area contributed by atoms with E-state index >= 15 is 0 Å². The summed E-state index contributed by atoms with van der Waals surface area (Å²) in [5, 5.41) is 0. The maximum atomic E-state index is 13.5. The molecule has 1 heterocycles. The summed E-state index contributed by atoms with van der Waals surface area (Å²) in [7, 11) is 0. The number of halogens is 1. The number of imidazole rings is 1. The van der Waals surface area contributed by atoms with Crippen LogP contribution in [0.1, 0.15) is 19.8 Å². The molecular weight excluding hydrogens is 193 g/mol. The van der Waals surface area contributed by atoms with Crippen molar-refractivity contribution < 1.29 is 4.39 Å². The summed E-state index contributed by atoms with van der Waals surface area (Å²) >= 11 is 0. The Morgan fingerprint density at radius 3 is 2.87 bits per heavy atom. The molecule has 2 aromatic rings. The number of nitrogen functional groups attached to an aromatic ring is 1. The van der Waals surface area contributed by atoms with Crippen molar-refractivity contribution in [2.45, 2.75) is 25.3 Å². The number of benzene rings is 1. The lowest BCUT2D eigenvalue weighted by Crippen LogP contribution is -2.14. The minimum atomic E-state index is -0.304. The first kappa shape index (κ1) is 8.71. The van der Waals surface area contributed by atoms with Crippen molar-refractivity contribution in [3.63, 3.8) is 0 Å². The molecule has 0 unspecified atom stereocenters. The van der Waals surface area contributed by atoms with Crippen molar-refractivity contribution in [3.8, 4) is 0 Å². The monoisotopic (exact) mass is 205 g/mol. The van der Waals surface area contributed by atoms with Gasteiger partial charge in [0.2, 0.25) is 5.95 Å². The number of anilines is 1. The Morgan fingerprint density at radius 2 is 2.20 bits per heavy atom. The normalized spacial score (nSPS) is 18.3. The summed E-state index contributed by atoms with van der Waals surface area (Å²) in [4.78, 5) is 4.08. The van der Waals surface area contributed by atoms with Gasteiger partial charge in [-0.25, -0.2) is 9.37 Å². The zero-order valence-corrected chi connectivity index (χ0v) is 8.50. The zero-order valence-electron chi connectivity index (χ0n) is 8.50. The van der Waals surface area contributed by atoms with E-state index in [0.717, 1.165) is 18.4 Å². The van der Waals surface area contributed by atoms with Crippen LogP contribution in [0, 0.1) is 5.82 Å². The first-order valence-corrected chi connectivity index (χ1v) is 5.05. The van der Waals surface area contributed by atoms with Crippen LogP contribution in [-0.2, 0) is 5.54 Å². The summed E-state index contributed by atoms with van der Waals surface area (Å²) in [6.07, 6.45) is 2.17. The summed E-state index contributed by atoms with van der Waals surface area (Å²) in [5.41, 5.74) is 7.06. The number of nitrogens with zero attached hydrogens (tertiary/aromatic N) is 2. The molecule has 0 saturated heterocycles. The quantitative estimate of drug-likeness (QED) is 0.776. The zero-order chi connectivity index (χ0) is 10.6. The highest BCUT2D eigenvalue weighted by Gasteiger charge is 2.41. The fourth-order valence-corrected chi connectivity index (χ4v) is 2.05. The highest BCUT2D eigenvalue weighted by Crippen LogP contribution is 2.46. The van der Waals surface area contributed by atoms with Gasteiger partial charge in [0.1, 0.15) is 5.52 Å². The molecule has 3 rings (SSSR count). The van der Waals surface area contributed by atoms with Crippen LogP contribution in [0.25, 0.3) is 11.0 Å². The number of rotatable bonds is 1. The smallest absolute Gasteiger partial charge is 0.201 e. The lowest BCUT2D eigenvalue weighted by molar-refractivity contribution is 0.556. The van der Waals surface area contributed by atoms with Gasteiger partial charge in [-0.15, -0.1) is 0 Å². The standard InChI is InChI=1S/C11H12FN3/c1-11(5-6-11)15-8-4-2-3-7(12)9(8)14-10(15)13/h2-4H,5-6H2,1H3,(H2,13,14). The third kappa shape index (κ3) is 1.07. The molecule has 1 aromatic carbocycles. The molecule has 0 radical (unpaired) electrons. The Morgan fingerprint density at radius 1 is 1.47 bits per heavy atom. The SMILES string of the molecule is CC1(n2c(N)nc3c(F)cccc32)CC1. The molecule has 0 amide bonds. The van der Waals surface area contributed by atoms with Gasteiger partial charge >= 0.3 is 0 Å².